The maximum absolute atomic E-state index is 5.82. The number of hydrogen-bond donors (Lipinski definition) is 1. The van der Waals surface area contributed by atoms with Crippen LogP contribution in [0.25, 0.3) is 10.9 Å². The van der Waals surface area contributed by atoms with E-state index in [1.54, 1.807) is 7.11 Å². The minimum atomic E-state index is 0.686. The number of ether oxygens (including phenoxy) is 1. The van der Waals surface area contributed by atoms with E-state index in [9.17, 15) is 0 Å². The third-order valence-corrected chi connectivity index (χ3v) is 2.63. The summed E-state index contributed by atoms with van der Waals surface area (Å²) in [4.78, 5) is 0. The summed E-state index contributed by atoms with van der Waals surface area (Å²) in [6.45, 7) is 2.07. The lowest BCUT2D eigenvalue weighted by Gasteiger charge is -2.05. The maximum atomic E-state index is 5.82. The van der Waals surface area contributed by atoms with Crippen LogP contribution in [0.2, 0.25) is 0 Å². The molecule has 1 heterocycles. The second kappa shape index (κ2) is 2.94. The molecule has 0 aliphatic heterocycles. The van der Waals surface area contributed by atoms with Crippen molar-refractivity contribution in [3.05, 3.63) is 23.9 Å². The number of aromatic nitrogens is 1. The van der Waals surface area contributed by atoms with Gasteiger partial charge < -0.3 is 15.0 Å². The minimum absolute atomic E-state index is 0.686. The number of nitrogens with two attached hydrogens (primary N) is 1. The largest absolute Gasteiger partial charge is 0.495 e. The van der Waals surface area contributed by atoms with E-state index in [0.717, 1.165) is 16.7 Å². The highest BCUT2D eigenvalue weighted by Crippen LogP contribution is 2.29. The van der Waals surface area contributed by atoms with Crippen molar-refractivity contribution in [1.82, 2.24) is 4.57 Å². The number of benzene rings is 1. The van der Waals surface area contributed by atoms with E-state index >= 15 is 0 Å². The molecular formula is C11H14N2O. The molecule has 0 saturated heterocycles. The number of anilines is 1. The van der Waals surface area contributed by atoms with Crippen LogP contribution in [0, 0.1) is 6.92 Å². The number of nitrogens with zero attached hydrogens (tertiary/aromatic N) is 1. The molecule has 0 aliphatic rings. The predicted molar refractivity (Wildman–Crippen MR) is 58.6 cm³/mol. The number of fused-ring (bicyclic) bond motifs is 1. The van der Waals surface area contributed by atoms with Gasteiger partial charge in [-0.25, -0.2) is 0 Å². The number of nitrogen functional groups attached to an aromatic ring is 1. The standard InChI is InChI=1S/C11H14N2O/c1-7-4-8-5-9(12)11(14-3)6-10(8)13(7)2/h4-6H,12H2,1-3H3. The average Bonchev–Trinajstić information content (AvgIpc) is 2.41. The van der Waals surface area contributed by atoms with Crippen LogP contribution in [0.1, 0.15) is 5.69 Å². The Morgan fingerprint density at radius 1 is 1.29 bits per heavy atom. The Morgan fingerprint density at radius 2 is 2.00 bits per heavy atom. The Morgan fingerprint density at radius 3 is 2.64 bits per heavy atom. The number of rotatable bonds is 1. The predicted octanol–water partition coefficient (Wildman–Crippen LogP) is 2.08. The third kappa shape index (κ3) is 1.13. The van der Waals surface area contributed by atoms with Crippen molar-refractivity contribution in [2.24, 2.45) is 7.05 Å². The van der Waals surface area contributed by atoms with Gasteiger partial charge in [0.15, 0.2) is 0 Å². The Kier molecular flexibility index (Phi) is 1.88. The van der Waals surface area contributed by atoms with Crippen molar-refractivity contribution in [1.29, 1.82) is 0 Å². The summed E-state index contributed by atoms with van der Waals surface area (Å²) in [6.07, 6.45) is 0. The first-order valence-electron chi connectivity index (χ1n) is 4.53. The highest BCUT2D eigenvalue weighted by molar-refractivity contribution is 5.87. The highest BCUT2D eigenvalue weighted by atomic mass is 16.5. The lowest BCUT2D eigenvalue weighted by Crippen LogP contribution is -1.94. The Balaban J connectivity index is 2.80. The fourth-order valence-electron chi connectivity index (χ4n) is 1.70. The van der Waals surface area contributed by atoms with E-state index in [1.807, 2.05) is 19.2 Å². The van der Waals surface area contributed by atoms with Gasteiger partial charge in [0, 0.05) is 24.2 Å². The molecule has 3 nitrogen and oxygen atoms in total. The average molecular weight is 190 g/mol. The second-order valence-electron chi connectivity index (χ2n) is 3.50. The van der Waals surface area contributed by atoms with Gasteiger partial charge in [-0.15, -0.1) is 0 Å². The summed E-state index contributed by atoms with van der Waals surface area (Å²) in [5.74, 6) is 0.735. The summed E-state index contributed by atoms with van der Waals surface area (Å²) < 4.78 is 7.30. The zero-order valence-electron chi connectivity index (χ0n) is 8.66. The van der Waals surface area contributed by atoms with Crippen molar-refractivity contribution >= 4 is 16.6 Å². The molecule has 0 fully saturated rings. The van der Waals surface area contributed by atoms with E-state index in [1.165, 1.54) is 5.69 Å². The number of methoxy groups -OCH3 is 1. The summed E-state index contributed by atoms with van der Waals surface area (Å²) in [5, 5.41) is 1.16. The molecule has 0 amide bonds. The van der Waals surface area contributed by atoms with Gasteiger partial charge in [0.05, 0.1) is 18.3 Å². The topological polar surface area (TPSA) is 40.2 Å². The number of aryl methyl sites for hydroxylation is 2. The molecule has 0 aliphatic carbocycles. The van der Waals surface area contributed by atoms with Gasteiger partial charge in [-0.2, -0.15) is 0 Å². The lowest BCUT2D eigenvalue weighted by molar-refractivity contribution is 0.417. The maximum Gasteiger partial charge on any atom is 0.143 e. The molecule has 0 atom stereocenters. The first-order valence-corrected chi connectivity index (χ1v) is 4.53. The molecule has 1 aromatic heterocycles. The fourth-order valence-corrected chi connectivity index (χ4v) is 1.70. The van der Waals surface area contributed by atoms with E-state index < -0.39 is 0 Å². The first kappa shape index (κ1) is 8.94. The molecule has 2 rings (SSSR count). The van der Waals surface area contributed by atoms with Gasteiger partial charge in [-0.05, 0) is 19.1 Å². The van der Waals surface area contributed by atoms with E-state index in [0.29, 0.717) is 5.69 Å². The summed E-state index contributed by atoms with van der Waals surface area (Å²) in [6, 6.07) is 6.03. The summed E-state index contributed by atoms with van der Waals surface area (Å²) in [7, 11) is 3.67. The van der Waals surface area contributed by atoms with Gasteiger partial charge in [0.25, 0.3) is 0 Å². The molecule has 0 spiro atoms. The van der Waals surface area contributed by atoms with Crippen LogP contribution in [0.4, 0.5) is 5.69 Å². The lowest BCUT2D eigenvalue weighted by atomic mass is 10.2. The fraction of sp³-hybridized carbons (Fsp3) is 0.273. The molecule has 0 unspecified atom stereocenters. The van der Waals surface area contributed by atoms with Crippen molar-refractivity contribution in [2.75, 3.05) is 12.8 Å². The zero-order valence-corrected chi connectivity index (χ0v) is 8.66. The summed E-state index contributed by atoms with van der Waals surface area (Å²) in [5.41, 5.74) is 8.87. The second-order valence-corrected chi connectivity index (χ2v) is 3.50. The van der Waals surface area contributed by atoms with Crippen LogP contribution in [0.5, 0.6) is 5.75 Å². The van der Waals surface area contributed by atoms with Crippen LogP contribution < -0.4 is 10.5 Å². The van der Waals surface area contributed by atoms with Crippen LogP contribution in [-0.4, -0.2) is 11.7 Å². The molecule has 14 heavy (non-hydrogen) atoms. The van der Waals surface area contributed by atoms with Crippen LogP contribution >= 0.6 is 0 Å². The van der Waals surface area contributed by atoms with Crippen molar-refractivity contribution in [2.45, 2.75) is 6.92 Å². The van der Waals surface area contributed by atoms with Gasteiger partial charge in [-0.1, -0.05) is 0 Å². The van der Waals surface area contributed by atoms with Gasteiger partial charge in [0.2, 0.25) is 0 Å². The van der Waals surface area contributed by atoms with E-state index in [-0.39, 0.29) is 0 Å². The summed E-state index contributed by atoms with van der Waals surface area (Å²) >= 11 is 0. The van der Waals surface area contributed by atoms with Crippen LogP contribution in [-0.2, 0) is 7.05 Å². The molecule has 0 radical (unpaired) electrons. The third-order valence-electron chi connectivity index (χ3n) is 2.63. The van der Waals surface area contributed by atoms with Crippen molar-refractivity contribution in [3.63, 3.8) is 0 Å². The van der Waals surface area contributed by atoms with Crippen LogP contribution in [0.15, 0.2) is 18.2 Å². The van der Waals surface area contributed by atoms with Crippen molar-refractivity contribution in [3.8, 4) is 5.75 Å². The van der Waals surface area contributed by atoms with Crippen molar-refractivity contribution < 1.29 is 4.74 Å². The monoisotopic (exact) mass is 190 g/mol. The molecule has 74 valence electrons. The normalized spacial score (nSPS) is 10.8. The SMILES string of the molecule is COc1cc2c(cc1N)cc(C)n2C. The highest BCUT2D eigenvalue weighted by Gasteiger charge is 2.06. The zero-order chi connectivity index (χ0) is 10.3. The Hall–Kier alpha value is -1.64. The quantitative estimate of drug-likeness (QED) is 0.699. The van der Waals surface area contributed by atoms with Crippen LogP contribution in [0.3, 0.4) is 0 Å². The molecule has 0 bridgehead atoms. The smallest absolute Gasteiger partial charge is 0.143 e. The Bertz CT molecular complexity index is 485. The minimum Gasteiger partial charge on any atom is -0.495 e. The molecular weight excluding hydrogens is 176 g/mol. The Labute approximate surface area is 83.1 Å². The van der Waals surface area contributed by atoms with Gasteiger partial charge in [0.1, 0.15) is 5.75 Å². The molecule has 0 saturated carbocycles. The number of hydrogen-bond acceptors (Lipinski definition) is 2. The molecule has 2 N–H and O–H groups in total. The van der Waals surface area contributed by atoms with E-state index in [2.05, 4.69) is 17.6 Å². The van der Waals surface area contributed by atoms with Gasteiger partial charge in [-0.3, -0.25) is 0 Å². The first-order chi connectivity index (χ1) is 6.63. The van der Waals surface area contributed by atoms with Gasteiger partial charge >= 0.3 is 0 Å². The molecule has 3 heteroatoms. The molecule has 1 aromatic carbocycles. The van der Waals surface area contributed by atoms with E-state index in [4.69, 9.17) is 10.5 Å². The molecule has 2 aromatic rings.